The van der Waals surface area contributed by atoms with Crippen LogP contribution in [0.25, 0.3) is 0 Å². The molecule has 1 radical (unpaired) electrons. The SMILES string of the molecule is CCCCCCCC/C=C\CCCCCCCCCCCC(=O)[O-].CCCCCCCC/C=C\CCCCCCCCCCCC(=O)[O-].[Co+2]. The third-order valence-corrected chi connectivity index (χ3v) is 9.29. The minimum atomic E-state index is -0.906. The summed E-state index contributed by atoms with van der Waals surface area (Å²) in [6.07, 6.45) is 53.5. The number of carboxylic acid groups (broad SMARTS) is 2. The van der Waals surface area contributed by atoms with Gasteiger partial charge >= 0.3 is 16.8 Å². The summed E-state index contributed by atoms with van der Waals surface area (Å²) in [7, 11) is 0. The molecule has 0 saturated heterocycles. The molecule has 49 heavy (non-hydrogen) atoms. The van der Waals surface area contributed by atoms with Crippen molar-refractivity contribution < 1.29 is 36.6 Å². The molecule has 0 aliphatic carbocycles. The molecule has 0 aliphatic heterocycles. The average Bonchev–Trinajstić information content (AvgIpc) is 3.07. The van der Waals surface area contributed by atoms with Crippen LogP contribution in [0.5, 0.6) is 0 Å². The van der Waals surface area contributed by atoms with E-state index in [1.807, 2.05) is 0 Å². The number of allylic oxidation sites excluding steroid dienone is 4. The first kappa shape index (κ1) is 52.3. The van der Waals surface area contributed by atoms with E-state index in [4.69, 9.17) is 0 Å². The maximum absolute atomic E-state index is 10.3. The zero-order valence-corrected chi connectivity index (χ0v) is 33.8. The molecule has 0 rings (SSSR count). The third-order valence-electron chi connectivity index (χ3n) is 9.29. The quantitative estimate of drug-likeness (QED) is 0.0467. The summed E-state index contributed by atoms with van der Waals surface area (Å²) in [5.41, 5.74) is 0. The molecule has 0 unspecified atom stereocenters. The largest absolute Gasteiger partial charge is 2.00 e. The molecule has 0 amide bonds. The van der Waals surface area contributed by atoms with E-state index in [0.717, 1.165) is 25.7 Å². The van der Waals surface area contributed by atoms with Gasteiger partial charge < -0.3 is 19.8 Å². The van der Waals surface area contributed by atoms with Crippen LogP contribution in [-0.2, 0) is 26.4 Å². The molecule has 0 saturated carbocycles. The molecular formula is C44H82CoO4. The van der Waals surface area contributed by atoms with Gasteiger partial charge in [-0.1, -0.05) is 192 Å². The standard InChI is InChI=1S/2C22H42O2.Co/c2*1-2-3-4-5-6-7-8-9-10-11-12-13-14-15-16-17-18-19-20-21-22(23)24;/h2*9-10H,2-8,11-21H2,1H3,(H,23,24);/q;;+2/p-2/b2*10-9-;. The number of carboxylic acids is 2. The Bertz CT molecular complexity index is 632. The van der Waals surface area contributed by atoms with Gasteiger partial charge in [-0.2, -0.15) is 0 Å². The van der Waals surface area contributed by atoms with Crippen LogP contribution in [0.4, 0.5) is 0 Å². The Labute approximate surface area is 316 Å². The van der Waals surface area contributed by atoms with E-state index in [1.54, 1.807) is 0 Å². The van der Waals surface area contributed by atoms with Crippen molar-refractivity contribution >= 4 is 11.9 Å². The zero-order valence-electron chi connectivity index (χ0n) is 32.7. The fourth-order valence-electron chi connectivity index (χ4n) is 6.09. The monoisotopic (exact) mass is 734 g/mol. The number of unbranched alkanes of at least 4 members (excludes halogenated alkanes) is 30. The molecule has 0 aromatic heterocycles. The fraction of sp³-hybridized carbons (Fsp3) is 0.864. The summed E-state index contributed by atoms with van der Waals surface area (Å²) in [5, 5.41) is 20.5. The van der Waals surface area contributed by atoms with E-state index in [-0.39, 0.29) is 29.6 Å². The first-order chi connectivity index (χ1) is 23.5. The van der Waals surface area contributed by atoms with Crippen LogP contribution >= 0.6 is 0 Å². The number of carbonyl (C=O) groups excluding carboxylic acids is 2. The molecular weight excluding hydrogens is 651 g/mol. The van der Waals surface area contributed by atoms with E-state index in [9.17, 15) is 19.8 Å². The molecule has 0 aromatic carbocycles. The van der Waals surface area contributed by atoms with Crippen molar-refractivity contribution in [2.75, 3.05) is 0 Å². The summed E-state index contributed by atoms with van der Waals surface area (Å²) in [4.78, 5) is 20.5. The molecule has 291 valence electrons. The number of hydrogen-bond acceptors (Lipinski definition) is 4. The van der Waals surface area contributed by atoms with Crippen LogP contribution in [0, 0.1) is 0 Å². The minimum Gasteiger partial charge on any atom is -0.550 e. The Kier molecular flexibility index (Phi) is 52.3. The van der Waals surface area contributed by atoms with Crippen LogP contribution in [0.1, 0.15) is 245 Å². The Morgan fingerprint density at radius 1 is 0.327 bits per heavy atom. The maximum atomic E-state index is 10.3. The minimum absolute atomic E-state index is 0. The maximum Gasteiger partial charge on any atom is 2.00 e. The van der Waals surface area contributed by atoms with Gasteiger partial charge in [-0.3, -0.25) is 0 Å². The number of aliphatic carboxylic acids is 2. The predicted molar refractivity (Wildman–Crippen MR) is 206 cm³/mol. The normalized spacial score (nSPS) is 11.1. The van der Waals surface area contributed by atoms with Gasteiger partial charge in [0.2, 0.25) is 0 Å². The van der Waals surface area contributed by atoms with E-state index in [2.05, 4.69) is 38.2 Å². The van der Waals surface area contributed by atoms with Crippen LogP contribution in [0.15, 0.2) is 24.3 Å². The first-order valence-corrected chi connectivity index (χ1v) is 21.2. The molecule has 0 spiro atoms. The molecule has 0 heterocycles. The van der Waals surface area contributed by atoms with Gasteiger partial charge in [0.05, 0.1) is 0 Å². The molecule has 4 nitrogen and oxygen atoms in total. The Balaban J connectivity index is -0.000000846. The zero-order chi connectivity index (χ0) is 35.4. The molecule has 0 fully saturated rings. The Hall–Kier alpha value is -1.07. The first-order valence-electron chi connectivity index (χ1n) is 21.2. The van der Waals surface area contributed by atoms with Crippen molar-refractivity contribution in [3.63, 3.8) is 0 Å². The van der Waals surface area contributed by atoms with Crippen molar-refractivity contribution in [2.24, 2.45) is 0 Å². The van der Waals surface area contributed by atoms with Crippen LogP contribution in [-0.4, -0.2) is 11.9 Å². The second-order valence-electron chi connectivity index (χ2n) is 14.2. The van der Waals surface area contributed by atoms with Crippen molar-refractivity contribution in [2.45, 2.75) is 245 Å². The summed E-state index contributed by atoms with van der Waals surface area (Å²) in [5.74, 6) is -1.81. The fourth-order valence-corrected chi connectivity index (χ4v) is 6.09. The second-order valence-corrected chi connectivity index (χ2v) is 14.2. The van der Waals surface area contributed by atoms with Crippen molar-refractivity contribution in [3.8, 4) is 0 Å². The van der Waals surface area contributed by atoms with Gasteiger partial charge in [0, 0.05) is 11.9 Å². The third kappa shape index (κ3) is 56.5. The summed E-state index contributed by atoms with van der Waals surface area (Å²) < 4.78 is 0. The van der Waals surface area contributed by atoms with E-state index in [0.29, 0.717) is 0 Å². The Morgan fingerprint density at radius 3 is 0.714 bits per heavy atom. The van der Waals surface area contributed by atoms with Crippen LogP contribution in [0.2, 0.25) is 0 Å². The van der Waals surface area contributed by atoms with Gasteiger partial charge in [0.15, 0.2) is 0 Å². The van der Waals surface area contributed by atoms with Gasteiger partial charge in [0.1, 0.15) is 0 Å². The molecule has 0 aromatic rings. The average molecular weight is 734 g/mol. The molecule has 0 N–H and O–H groups in total. The van der Waals surface area contributed by atoms with Gasteiger partial charge in [-0.25, -0.2) is 0 Å². The molecule has 0 atom stereocenters. The second kappa shape index (κ2) is 49.0. The van der Waals surface area contributed by atoms with E-state index >= 15 is 0 Å². The van der Waals surface area contributed by atoms with Gasteiger partial charge in [0.25, 0.3) is 0 Å². The molecule has 5 heteroatoms. The van der Waals surface area contributed by atoms with Gasteiger partial charge in [-0.05, 0) is 77.0 Å². The topological polar surface area (TPSA) is 80.3 Å². The molecule has 0 bridgehead atoms. The summed E-state index contributed by atoms with van der Waals surface area (Å²) >= 11 is 0. The van der Waals surface area contributed by atoms with Crippen molar-refractivity contribution in [1.29, 1.82) is 0 Å². The predicted octanol–water partition coefficient (Wildman–Crippen LogP) is 12.7. The number of hydrogen-bond donors (Lipinski definition) is 0. The Morgan fingerprint density at radius 2 is 0.510 bits per heavy atom. The van der Waals surface area contributed by atoms with Crippen molar-refractivity contribution in [1.82, 2.24) is 0 Å². The number of carbonyl (C=O) groups is 2. The van der Waals surface area contributed by atoms with Crippen LogP contribution in [0.3, 0.4) is 0 Å². The van der Waals surface area contributed by atoms with E-state index < -0.39 is 11.9 Å². The van der Waals surface area contributed by atoms with Gasteiger partial charge in [-0.15, -0.1) is 0 Å². The number of rotatable bonds is 38. The van der Waals surface area contributed by atoms with E-state index in [1.165, 1.54) is 193 Å². The smallest absolute Gasteiger partial charge is 0.550 e. The van der Waals surface area contributed by atoms with Crippen LogP contribution < -0.4 is 10.2 Å². The molecule has 0 aliphatic rings. The summed E-state index contributed by atoms with van der Waals surface area (Å²) in [6, 6.07) is 0. The van der Waals surface area contributed by atoms with Crippen molar-refractivity contribution in [3.05, 3.63) is 24.3 Å². The summed E-state index contributed by atoms with van der Waals surface area (Å²) in [6.45, 7) is 4.54.